The number of likely N-dealkylation sites (tertiary alicyclic amines) is 1. The quantitative estimate of drug-likeness (QED) is 0.821. The standard InChI is InChI=1S/C13H18ClN.C2H2O4/c14-13-8-4-3-7-12(13)11-15-9-5-1-2-6-10-15;3-1(4)2(5)6/h3-4,7-8H,1-2,5-6,9-11H2;(H,3,4)(H,5,6). The van der Waals surface area contributed by atoms with E-state index in [4.69, 9.17) is 31.4 Å². The van der Waals surface area contributed by atoms with Crippen LogP contribution in [0.4, 0.5) is 0 Å². The van der Waals surface area contributed by atoms with E-state index < -0.39 is 11.9 Å². The topological polar surface area (TPSA) is 77.8 Å². The third-order valence-corrected chi connectivity index (χ3v) is 3.60. The van der Waals surface area contributed by atoms with Crippen LogP contribution in [0.3, 0.4) is 0 Å². The molecule has 116 valence electrons. The number of aliphatic carboxylic acids is 2. The average molecular weight is 314 g/mol. The van der Waals surface area contributed by atoms with Crippen molar-refractivity contribution in [3.63, 3.8) is 0 Å². The molecule has 1 aromatic carbocycles. The summed E-state index contributed by atoms with van der Waals surface area (Å²) in [5.74, 6) is -3.65. The van der Waals surface area contributed by atoms with Gasteiger partial charge in [-0.15, -0.1) is 0 Å². The van der Waals surface area contributed by atoms with Gasteiger partial charge in [0.05, 0.1) is 0 Å². The summed E-state index contributed by atoms with van der Waals surface area (Å²) in [5.41, 5.74) is 1.26. The molecule has 0 saturated carbocycles. The monoisotopic (exact) mass is 313 g/mol. The van der Waals surface area contributed by atoms with E-state index >= 15 is 0 Å². The number of benzene rings is 1. The van der Waals surface area contributed by atoms with Crippen LogP contribution >= 0.6 is 11.6 Å². The van der Waals surface area contributed by atoms with E-state index in [1.165, 1.54) is 44.3 Å². The van der Waals surface area contributed by atoms with Crippen LogP contribution in [0.5, 0.6) is 0 Å². The van der Waals surface area contributed by atoms with Crippen LogP contribution in [-0.4, -0.2) is 40.1 Å². The Hall–Kier alpha value is -1.59. The lowest BCUT2D eigenvalue weighted by molar-refractivity contribution is -0.159. The minimum atomic E-state index is -1.82. The molecule has 2 rings (SSSR count). The molecule has 2 N–H and O–H groups in total. The molecular formula is C15H20ClNO4. The van der Waals surface area contributed by atoms with Gasteiger partial charge in [0.25, 0.3) is 0 Å². The van der Waals surface area contributed by atoms with Crippen molar-refractivity contribution in [3.8, 4) is 0 Å². The van der Waals surface area contributed by atoms with E-state index in [9.17, 15) is 0 Å². The SMILES string of the molecule is Clc1ccccc1CN1CCCCCC1.O=C(O)C(=O)O. The summed E-state index contributed by atoms with van der Waals surface area (Å²) in [7, 11) is 0. The molecule has 1 heterocycles. The van der Waals surface area contributed by atoms with Crippen molar-refractivity contribution in [2.75, 3.05) is 13.1 Å². The largest absolute Gasteiger partial charge is 0.473 e. The first-order valence-corrected chi connectivity index (χ1v) is 7.30. The lowest BCUT2D eigenvalue weighted by Gasteiger charge is -2.20. The van der Waals surface area contributed by atoms with Crippen molar-refractivity contribution >= 4 is 23.5 Å². The fourth-order valence-electron chi connectivity index (χ4n) is 2.16. The van der Waals surface area contributed by atoms with Gasteiger partial charge in [-0.3, -0.25) is 4.90 Å². The van der Waals surface area contributed by atoms with E-state index in [1.54, 1.807) is 0 Å². The Kier molecular flexibility index (Phi) is 7.79. The number of rotatable bonds is 2. The lowest BCUT2D eigenvalue weighted by atomic mass is 10.2. The normalized spacial score (nSPS) is 15.5. The van der Waals surface area contributed by atoms with Crippen molar-refractivity contribution in [2.45, 2.75) is 32.2 Å². The van der Waals surface area contributed by atoms with Crippen LogP contribution in [0, 0.1) is 0 Å². The molecular weight excluding hydrogens is 294 g/mol. The van der Waals surface area contributed by atoms with Gasteiger partial charge in [-0.2, -0.15) is 0 Å². The van der Waals surface area contributed by atoms with E-state index in [0.29, 0.717) is 0 Å². The fourth-order valence-corrected chi connectivity index (χ4v) is 2.36. The summed E-state index contributed by atoms with van der Waals surface area (Å²) in [5, 5.41) is 15.7. The second-order valence-corrected chi connectivity index (χ2v) is 5.30. The minimum Gasteiger partial charge on any atom is -0.473 e. The van der Waals surface area contributed by atoms with Crippen LogP contribution < -0.4 is 0 Å². The Bertz CT molecular complexity index is 458. The van der Waals surface area contributed by atoms with Crippen LogP contribution in [0.15, 0.2) is 24.3 Å². The van der Waals surface area contributed by atoms with Gasteiger partial charge in [-0.05, 0) is 37.6 Å². The maximum absolute atomic E-state index is 9.10. The Labute approximate surface area is 129 Å². The van der Waals surface area contributed by atoms with Crippen molar-refractivity contribution in [1.82, 2.24) is 4.90 Å². The third kappa shape index (κ3) is 7.11. The van der Waals surface area contributed by atoms with Gasteiger partial charge < -0.3 is 10.2 Å². The summed E-state index contributed by atoms with van der Waals surface area (Å²) in [4.78, 5) is 20.7. The minimum absolute atomic E-state index is 0.904. The van der Waals surface area contributed by atoms with Crippen molar-refractivity contribution in [3.05, 3.63) is 34.9 Å². The lowest BCUT2D eigenvalue weighted by Crippen LogP contribution is -2.24. The molecule has 21 heavy (non-hydrogen) atoms. The number of carboxylic acids is 2. The van der Waals surface area contributed by atoms with Gasteiger partial charge in [-0.25, -0.2) is 9.59 Å². The number of carboxylic acid groups (broad SMARTS) is 2. The summed E-state index contributed by atoms with van der Waals surface area (Å²) in [6.07, 6.45) is 5.45. The highest BCUT2D eigenvalue weighted by Gasteiger charge is 2.10. The first-order chi connectivity index (χ1) is 10.0. The van der Waals surface area contributed by atoms with Crippen molar-refractivity contribution in [1.29, 1.82) is 0 Å². The highest BCUT2D eigenvalue weighted by atomic mass is 35.5. The molecule has 0 bridgehead atoms. The molecule has 1 fully saturated rings. The van der Waals surface area contributed by atoms with Crippen LogP contribution in [0.1, 0.15) is 31.2 Å². The van der Waals surface area contributed by atoms with Gasteiger partial charge in [0.15, 0.2) is 0 Å². The maximum Gasteiger partial charge on any atom is 0.414 e. The molecule has 1 aliphatic heterocycles. The molecule has 5 nitrogen and oxygen atoms in total. The summed E-state index contributed by atoms with van der Waals surface area (Å²) >= 11 is 6.16. The average Bonchev–Trinajstić information content (AvgIpc) is 2.70. The molecule has 0 aliphatic carbocycles. The molecule has 0 spiro atoms. The molecule has 0 radical (unpaired) electrons. The molecule has 1 aliphatic rings. The number of hydrogen-bond donors (Lipinski definition) is 2. The highest BCUT2D eigenvalue weighted by Crippen LogP contribution is 2.19. The second-order valence-electron chi connectivity index (χ2n) is 4.89. The number of hydrogen-bond acceptors (Lipinski definition) is 3. The third-order valence-electron chi connectivity index (χ3n) is 3.23. The predicted molar refractivity (Wildman–Crippen MR) is 80.5 cm³/mol. The van der Waals surface area contributed by atoms with Gasteiger partial charge in [0.1, 0.15) is 0 Å². The summed E-state index contributed by atoms with van der Waals surface area (Å²) in [6.45, 7) is 3.47. The van der Waals surface area contributed by atoms with Crippen LogP contribution in [0.2, 0.25) is 5.02 Å². The summed E-state index contributed by atoms with van der Waals surface area (Å²) < 4.78 is 0. The maximum atomic E-state index is 9.10. The Morgan fingerprint density at radius 1 is 1.00 bits per heavy atom. The smallest absolute Gasteiger partial charge is 0.414 e. The molecule has 0 unspecified atom stereocenters. The molecule has 1 aromatic rings. The van der Waals surface area contributed by atoms with Gasteiger partial charge in [-0.1, -0.05) is 42.6 Å². The van der Waals surface area contributed by atoms with E-state index in [1.807, 2.05) is 12.1 Å². The van der Waals surface area contributed by atoms with E-state index in [0.717, 1.165) is 11.6 Å². The second kappa shape index (κ2) is 9.37. The molecule has 0 atom stereocenters. The van der Waals surface area contributed by atoms with Gasteiger partial charge in [0.2, 0.25) is 0 Å². The highest BCUT2D eigenvalue weighted by molar-refractivity contribution is 6.31. The zero-order valence-electron chi connectivity index (χ0n) is 11.8. The Balaban J connectivity index is 0.000000315. The Morgan fingerprint density at radius 2 is 1.52 bits per heavy atom. The summed E-state index contributed by atoms with van der Waals surface area (Å²) in [6, 6.07) is 8.18. The molecule has 0 amide bonds. The van der Waals surface area contributed by atoms with Gasteiger partial charge >= 0.3 is 11.9 Å². The van der Waals surface area contributed by atoms with Crippen LogP contribution in [-0.2, 0) is 16.1 Å². The first kappa shape index (κ1) is 17.5. The zero-order chi connectivity index (χ0) is 15.7. The number of nitrogens with zero attached hydrogens (tertiary/aromatic N) is 1. The van der Waals surface area contributed by atoms with E-state index in [-0.39, 0.29) is 0 Å². The Morgan fingerprint density at radius 3 is 2.00 bits per heavy atom. The molecule has 1 saturated heterocycles. The van der Waals surface area contributed by atoms with Crippen molar-refractivity contribution < 1.29 is 19.8 Å². The molecule has 6 heteroatoms. The van der Waals surface area contributed by atoms with Crippen molar-refractivity contribution in [2.24, 2.45) is 0 Å². The fraction of sp³-hybridized carbons (Fsp3) is 0.467. The zero-order valence-corrected chi connectivity index (χ0v) is 12.6. The number of carbonyl (C=O) groups is 2. The molecule has 0 aromatic heterocycles. The van der Waals surface area contributed by atoms with Crippen LogP contribution in [0.25, 0.3) is 0 Å². The van der Waals surface area contributed by atoms with Gasteiger partial charge in [0, 0.05) is 11.6 Å². The number of halogens is 1. The predicted octanol–water partition coefficient (Wildman–Crippen LogP) is 2.87. The first-order valence-electron chi connectivity index (χ1n) is 6.92. The van der Waals surface area contributed by atoms with E-state index in [2.05, 4.69) is 17.0 Å².